The molecule has 2 aromatic rings. The fourth-order valence-electron chi connectivity index (χ4n) is 1.76. The van der Waals surface area contributed by atoms with Crippen LogP contribution >= 0.6 is 34.4 Å². The first kappa shape index (κ1) is 13.7. The molecule has 1 aromatic heterocycles. The number of nitrogens with zero attached hydrogens (tertiary/aromatic N) is 2. The average molecular weight is 376 g/mol. The van der Waals surface area contributed by atoms with Crippen LogP contribution in [0.4, 0.5) is 0 Å². The standard InChI is InChI=1S/C12H13IN2O2S/c1-2-5-15-10-4-3-8(13)6-9(10)14-12(15)18-7-11(16)17/h3-4,6H,2,5,7H2,1H3,(H,16,17). The molecule has 0 atom stereocenters. The summed E-state index contributed by atoms with van der Waals surface area (Å²) in [5.41, 5.74) is 2.01. The molecular weight excluding hydrogens is 363 g/mol. The SMILES string of the molecule is CCCn1c(SCC(=O)O)nc2cc(I)ccc21. The van der Waals surface area contributed by atoms with Gasteiger partial charge in [0.05, 0.1) is 16.8 Å². The summed E-state index contributed by atoms with van der Waals surface area (Å²) < 4.78 is 3.23. The Bertz CT molecular complexity index is 583. The van der Waals surface area contributed by atoms with E-state index < -0.39 is 5.97 Å². The topological polar surface area (TPSA) is 55.1 Å². The zero-order chi connectivity index (χ0) is 13.1. The molecule has 0 saturated carbocycles. The highest BCUT2D eigenvalue weighted by Crippen LogP contribution is 2.25. The maximum absolute atomic E-state index is 10.7. The molecule has 0 fully saturated rings. The van der Waals surface area contributed by atoms with Crippen molar-refractivity contribution in [2.75, 3.05) is 5.75 Å². The minimum Gasteiger partial charge on any atom is -0.481 e. The largest absolute Gasteiger partial charge is 0.481 e. The predicted octanol–water partition coefficient (Wildman–Crippen LogP) is 3.23. The summed E-state index contributed by atoms with van der Waals surface area (Å²) in [5.74, 6) is -0.769. The minimum absolute atomic E-state index is 0.0458. The second-order valence-electron chi connectivity index (χ2n) is 3.86. The summed E-state index contributed by atoms with van der Waals surface area (Å²) in [5, 5.41) is 9.54. The van der Waals surface area contributed by atoms with E-state index in [1.165, 1.54) is 11.8 Å². The Morgan fingerprint density at radius 2 is 2.33 bits per heavy atom. The Hall–Kier alpha value is -0.760. The molecule has 0 radical (unpaired) electrons. The minimum atomic E-state index is -0.815. The zero-order valence-corrected chi connectivity index (χ0v) is 12.9. The lowest BCUT2D eigenvalue weighted by atomic mass is 10.3. The normalized spacial score (nSPS) is 11.0. The van der Waals surface area contributed by atoms with Gasteiger partial charge in [0.2, 0.25) is 0 Å². The number of halogens is 1. The molecule has 1 N–H and O–H groups in total. The number of aliphatic carboxylic acids is 1. The summed E-state index contributed by atoms with van der Waals surface area (Å²) >= 11 is 3.53. The highest BCUT2D eigenvalue weighted by Gasteiger charge is 2.12. The third-order valence-corrected chi connectivity index (χ3v) is 4.08. The van der Waals surface area contributed by atoms with Crippen LogP contribution in [0.2, 0.25) is 0 Å². The first-order valence-electron chi connectivity index (χ1n) is 5.62. The van der Waals surface area contributed by atoms with Gasteiger partial charge >= 0.3 is 5.97 Å². The molecule has 0 aliphatic heterocycles. The lowest BCUT2D eigenvalue weighted by Crippen LogP contribution is -2.03. The van der Waals surface area contributed by atoms with Crippen molar-refractivity contribution in [2.24, 2.45) is 0 Å². The zero-order valence-electron chi connectivity index (χ0n) is 9.89. The molecule has 4 nitrogen and oxygen atoms in total. The van der Waals surface area contributed by atoms with Crippen molar-refractivity contribution in [3.63, 3.8) is 0 Å². The molecule has 0 spiro atoms. The van der Waals surface area contributed by atoms with Gasteiger partial charge in [0.25, 0.3) is 0 Å². The third-order valence-electron chi connectivity index (χ3n) is 2.45. The number of aryl methyl sites for hydroxylation is 1. The number of rotatable bonds is 5. The molecule has 0 aliphatic rings. The summed E-state index contributed by atoms with van der Waals surface area (Å²) in [4.78, 5) is 15.2. The molecule has 1 heterocycles. The number of carboxylic acids is 1. The van der Waals surface area contributed by atoms with Gasteiger partial charge in [0, 0.05) is 10.1 Å². The van der Waals surface area contributed by atoms with E-state index >= 15 is 0 Å². The number of carboxylic acid groups (broad SMARTS) is 1. The van der Waals surface area contributed by atoms with Crippen molar-refractivity contribution < 1.29 is 9.90 Å². The van der Waals surface area contributed by atoms with E-state index in [0.717, 1.165) is 32.7 Å². The number of fused-ring (bicyclic) bond motifs is 1. The van der Waals surface area contributed by atoms with Gasteiger partial charge in [-0.2, -0.15) is 0 Å². The monoisotopic (exact) mass is 376 g/mol. The van der Waals surface area contributed by atoms with Gasteiger partial charge in [0.1, 0.15) is 0 Å². The van der Waals surface area contributed by atoms with Crippen molar-refractivity contribution >= 4 is 51.4 Å². The van der Waals surface area contributed by atoms with Crippen LogP contribution < -0.4 is 0 Å². The lowest BCUT2D eigenvalue weighted by Gasteiger charge is -2.05. The highest BCUT2D eigenvalue weighted by molar-refractivity contribution is 14.1. The van der Waals surface area contributed by atoms with Gasteiger partial charge in [-0.3, -0.25) is 4.79 Å². The molecular formula is C12H13IN2O2S. The van der Waals surface area contributed by atoms with E-state index in [-0.39, 0.29) is 5.75 Å². The molecule has 0 saturated heterocycles. The average Bonchev–Trinajstić information content (AvgIpc) is 2.64. The van der Waals surface area contributed by atoms with Gasteiger partial charge in [-0.25, -0.2) is 4.98 Å². The van der Waals surface area contributed by atoms with E-state index in [2.05, 4.69) is 39.1 Å². The molecule has 0 unspecified atom stereocenters. The van der Waals surface area contributed by atoms with Crippen molar-refractivity contribution in [3.8, 4) is 0 Å². The summed E-state index contributed by atoms with van der Waals surface area (Å²) in [6, 6.07) is 6.11. The molecule has 96 valence electrons. The van der Waals surface area contributed by atoms with Crippen LogP contribution in [-0.4, -0.2) is 26.4 Å². The van der Waals surface area contributed by atoms with Gasteiger partial charge in [-0.1, -0.05) is 18.7 Å². The Balaban J connectivity index is 2.43. The number of aromatic nitrogens is 2. The van der Waals surface area contributed by atoms with Crippen LogP contribution in [0.25, 0.3) is 11.0 Å². The van der Waals surface area contributed by atoms with Crippen molar-refractivity contribution in [1.29, 1.82) is 0 Å². The predicted molar refractivity (Wildman–Crippen MR) is 81.1 cm³/mol. The van der Waals surface area contributed by atoms with Crippen LogP contribution in [0.1, 0.15) is 13.3 Å². The van der Waals surface area contributed by atoms with Gasteiger partial charge in [-0.05, 0) is 47.2 Å². The van der Waals surface area contributed by atoms with Gasteiger partial charge in [-0.15, -0.1) is 0 Å². The van der Waals surface area contributed by atoms with Crippen molar-refractivity contribution in [1.82, 2.24) is 9.55 Å². The van der Waals surface area contributed by atoms with Crippen LogP contribution in [0, 0.1) is 3.57 Å². The number of benzene rings is 1. The lowest BCUT2D eigenvalue weighted by molar-refractivity contribution is -0.133. The molecule has 1 aromatic carbocycles. The smallest absolute Gasteiger partial charge is 0.313 e. The van der Waals surface area contributed by atoms with Gasteiger partial charge < -0.3 is 9.67 Å². The first-order valence-corrected chi connectivity index (χ1v) is 7.68. The number of hydrogen-bond donors (Lipinski definition) is 1. The Morgan fingerprint density at radius 1 is 1.56 bits per heavy atom. The quantitative estimate of drug-likeness (QED) is 0.643. The number of thioether (sulfide) groups is 1. The molecule has 18 heavy (non-hydrogen) atoms. The maximum Gasteiger partial charge on any atom is 0.313 e. The molecule has 0 aliphatic carbocycles. The van der Waals surface area contributed by atoms with E-state index in [4.69, 9.17) is 5.11 Å². The Labute approximate surface area is 123 Å². The third kappa shape index (κ3) is 2.97. The summed E-state index contributed by atoms with van der Waals surface area (Å²) in [6.07, 6.45) is 0.998. The summed E-state index contributed by atoms with van der Waals surface area (Å²) in [7, 11) is 0. The van der Waals surface area contributed by atoms with E-state index in [0.29, 0.717) is 0 Å². The molecule has 6 heteroatoms. The van der Waals surface area contributed by atoms with Crippen molar-refractivity contribution in [2.45, 2.75) is 25.0 Å². The number of imidazole rings is 1. The highest BCUT2D eigenvalue weighted by atomic mass is 127. The Morgan fingerprint density at radius 3 is 3.00 bits per heavy atom. The van der Waals surface area contributed by atoms with Gasteiger partial charge in [0.15, 0.2) is 5.16 Å². The second kappa shape index (κ2) is 5.92. The van der Waals surface area contributed by atoms with Crippen molar-refractivity contribution in [3.05, 3.63) is 21.8 Å². The number of carbonyl (C=O) groups is 1. The second-order valence-corrected chi connectivity index (χ2v) is 6.05. The molecule has 2 rings (SSSR count). The van der Waals surface area contributed by atoms with Crippen LogP contribution in [0.5, 0.6) is 0 Å². The first-order chi connectivity index (χ1) is 8.61. The van der Waals surface area contributed by atoms with E-state index in [1.54, 1.807) is 0 Å². The fourth-order valence-corrected chi connectivity index (χ4v) is 2.99. The number of hydrogen-bond acceptors (Lipinski definition) is 3. The molecule has 0 bridgehead atoms. The van der Waals surface area contributed by atoms with E-state index in [9.17, 15) is 4.79 Å². The van der Waals surface area contributed by atoms with Crippen LogP contribution in [-0.2, 0) is 11.3 Å². The Kier molecular flexibility index (Phi) is 4.50. The summed E-state index contributed by atoms with van der Waals surface area (Å²) in [6.45, 7) is 2.96. The van der Waals surface area contributed by atoms with Crippen LogP contribution in [0.15, 0.2) is 23.4 Å². The molecule has 0 amide bonds. The van der Waals surface area contributed by atoms with Crippen LogP contribution in [0.3, 0.4) is 0 Å². The van der Waals surface area contributed by atoms with E-state index in [1.807, 2.05) is 18.2 Å². The fraction of sp³-hybridized carbons (Fsp3) is 0.333. The maximum atomic E-state index is 10.7.